The van der Waals surface area contributed by atoms with Crippen molar-refractivity contribution in [2.24, 2.45) is 5.92 Å². The Balaban J connectivity index is 2.09. The van der Waals surface area contributed by atoms with Crippen LogP contribution < -0.4 is 11.0 Å². The molecule has 2 rings (SSSR count). The van der Waals surface area contributed by atoms with Gasteiger partial charge in [-0.1, -0.05) is 19.3 Å². The lowest BCUT2D eigenvalue weighted by molar-refractivity contribution is 0.255. The fourth-order valence-electron chi connectivity index (χ4n) is 2.92. The summed E-state index contributed by atoms with van der Waals surface area (Å²) in [6.07, 6.45) is 10.1. The number of nitrogens with one attached hydrogen (secondary N) is 1. The van der Waals surface area contributed by atoms with Crippen LogP contribution in [0.25, 0.3) is 0 Å². The molecular formula is C14H23N3O. The second-order valence-corrected chi connectivity index (χ2v) is 5.36. The maximum Gasteiger partial charge on any atom is 0.347 e. The van der Waals surface area contributed by atoms with Gasteiger partial charge in [-0.05, 0) is 38.3 Å². The number of rotatable bonds is 4. The molecule has 0 saturated heterocycles. The molecule has 1 fully saturated rings. The number of likely N-dealkylation sites (N-methyl/N-ethyl adjacent to an activating group) is 1. The number of aromatic nitrogens is 2. The highest BCUT2D eigenvalue weighted by atomic mass is 16.1. The van der Waals surface area contributed by atoms with E-state index in [1.807, 2.05) is 20.2 Å². The summed E-state index contributed by atoms with van der Waals surface area (Å²) in [4.78, 5) is 15.6. The molecule has 1 heterocycles. The van der Waals surface area contributed by atoms with Gasteiger partial charge in [-0.15, -0.1) is 0 Å². The van der Waals surface area contributed by atoms with Crippen LogP contribution in [0.15, 0.2) is 17.2 Å². The standard InChI is InChI=1S/C14H23N3O/c1-11-8-16-14(18)17(9-11)10-13(15-2)12-6-4-3-5-7-12/h8-9,12-13,15H,3-7,10H2,1-2H3. The van der Waals surface area contributed by atoms with Gasteiger partial charge >= 0.3 is 5.69 Å². The molecule has 0 spiro atoms. The summed E-state index contributed by atoms with van der Waals surface area (Å²) < 4.78 is 1.74. The SMILES string of the molecule is CNC(Cn1cc(C)cnc1=O)C1CCCCC1. The number of hydrogen-bond acceptors (Lipinski definition) is 3. The van der Waals surface area contributed by atoms with Gasteiger partial charge in [0.2, 0.25) is 0 Å². The molecule has 0 amide bonds. The van der Waals surface area contributed by atoms with Crippen molar-refractivity contribution in [3.8, 4) is 0 Å². The van der Waals surface area contributed by atoms with Crippen molar-refractivity contribution >= 4 is 0 Å². The monoisotopic (exact) mass is 249 g/mol. The predicted octanol–water partition coefficient (Wildman–Crippen LogP) is 1.72. The minimum atomic E-state index is -0.142. The quantitative estimate of drug-likeness (QED) is 0.884. The van der Waals surface area contributed by atoms with Gasteiger partial charge in [0.25, 0.3) is 0 Å². The van der Waals surface area contributed by atoms with Crippen LogP contribution in [0, 0.1) is 12.8 Å². The van der Waals surface area contributed by atoms with Crippen LogP contribution in [0.5, 0.6) is 0 Å². The summed E-state index contributed by atoms with van der Waals surface area (Å²) >= 11 is 0. The molecule has 1 aliphatic carbocycles. The second kappa shape index (κ2) is 6.14. The van der Waals surface area contributed by atoms with E-state index in [0.717, 1.165) is 12.1 Å². The van der Waals surface area contributed by atoms with E-state index in [-0.39, 0.29) is 5.69 Å². The number of hydrogen-bond donors (Lipinski definition) is 1. The lowest BCUT2D eigenvalue weighted by atomic mass is 9.84. The minimum Gasteiger partial charge on any atom is -0.315 e. The first kappa shape index (κ1) is 13.3. The fourth-order valence-corrected chi connectivity index (χ4v) is 2.92. The molecule has 1 atom stereocenters. The molecule has 18 heavy (non-hydrogen) atoms. The smallest absolute Gasteiger partial charge is 0.315 e. The average Bonchev–Trinajstić information content (AvgIpc) is 2.41. The van der Waals surface area contributed by atoms with Crippen molar-refractivity contribution in [1.29, 1.82) is 0 Å². The second-order valence-electron chi connectivity index (χ2n) is 5.36. The van der Waals surface area contributed by atoms with E-state index >= 15 is 0 Å². The summed E-state index contributed by atoms with van der Waals surface area (Å²) in [5.41, 5.74) is 0.893. The van der Waals surface area contributed by atoms with Gasteiger partial charge in [0.1, 0.15) is 0 Å². The Morgan fingerprint density at radius 3 is 2.83 bits per heavy atom. The van der Waals surface area contributed by atoms with E-state index in [2.05, 4.69) is 10.3 Å². The molecule has 0 bridgehead atoms. The highest BCUT2D eigenvalue weighted by Gasteiger charge is 2.22. The molecule has 1 N–H and O–H groups in total. The maximum absolute atomic E-state index is 11.7. The zero-order chi connectivity index (χ0) is 13.0. The number of aryl methyl sites for hydroxylation is 1. The van der Waals surface area contributed by atoms with E-state index in [4.69, 9.17) is 0 Å². The van der Waals surface area contributed by atoms with Crippen molar-refractivity contribution in [2.75, 3.05) is 7.05 Å². The summed E-state index contributed by atoms with van der Waals surface area (Å²) in [5, 5.41) is 3.38. The van der Waals surface area contributed by atoms with Gasteiger partial charge in [0, 0.05) is 25.0 Å². The third-order valence-corrected chi connectivity index (χ3v) is 3.97. The lowest BCUT2D eigenvalue weighted by Gasteiger charge is -2.30. The van der Waals surface area contributed by atoms with Crippen LogP contribution in [-0.4, -0.2) is 22.6 Å². The zero-order valence-corrected chi connectivity index (χ0v) is 11.4. The molecule has 0 aliphatic heterocycles. The highest BCUT2D eigenvalue weighted by molar-refractivity contribution is 5.00. The third-order valence-electron chi connectivity index (χ3n) is 3.97. The minimum absolute atomic E-state index is 0.142. The van der Waals surface area contributed by atoms with Gasteiger partial charge in [0.05, 0.1) is 0 Å². The summed E-state index contributed by atoms with van der Waals surface area (Å²) in [7, 11) is 1.99. The Labute approximate surface area is 108 Å². The van der Waals surface area contributed by atoms with E-state index in [1.54, 1.807) is 10.8 Å². The van der Waals surface area contributed by atoms with Crippen LogP contribution >= 0.6 is 0 Å². The molecule has 1 aromatic rings. The van der Waals surface area contributed by atoms with E-state index in [0.29, 0.717) is 12.0 Å². The molecule has 0 aromatic carbocycles. The molecule has 1 aromatic heterocycles. The molecular weight excluding hydrogens is 226 g/mol. The van der Waals surface area contributed by atoms with E-state index in [1.165, 1.54) is 32.1 Å². The Morgan fingerprint density at radius 1 is 1.44 bits per heavy atom. The normalized spacial score (nSPS) is 18.8. The summed E-state index contributed by atoms with van der Waals surface area (Å²) in [6.45, 7) is 2.70. The first-order chi connectivity index (χ1) is 8.70. The zero-order valence-electron chi connectivity index (χ0n) is 11.4. The van der Waals surface area contributed by atoms with Crippen molar-refractivity contribution in [3.63, 3.8) is 0 Å². The summed E-state index contributed by atoms with van der Waals surface area (Å²) in [6, 6.07) is 0.381. The topological polar surface area (TPSA) is 46.9 Å². The van der Waals surface area contributed by atoms with Crippen LogP contribution in [0.1, 0.15) is 37.7 Å². The van der Waals surface area contributed by atoms with Crippen LogP contribution in [-0.2, 0) is 6.54 Å². The van der Waals surface area contributed by atoms with Gasteiger partial charge in [0.15, 0.2) is 0 Å². The molecule has 0 radical (unpaired) electrons. The highest BCUT2D eigenvalue weighted by Crippen LogP contribution is 2.26. The van der Waals surface area contributed by atoms with Gasteiger partial charge in [-0.25, -0.2) is 9.78 Å². The van der Waals surface area contributed by atoms with Crippen molar-refractivity contribution < 1.29 is 0 Å². The van der Waals surface area contributed by atoms with Crippen LogP contribution in [0.3, 0.4) is 0 Å². The van der Waals surface area contributed by atoms with Crippen LogP contribution in [0.2, 0.25) is 0 Å². The molecule has 1 saturated carbocycles. The fraction of sp³-hybridized carbons (Fsp3) is 0.714. The summed E-state index contributed by atoms with van der Waals surface area (Å²) in [5.74, 6) is 0.691. The van der Waals surface area contributed by atoms with Gasteiger partial charge in [-0.2, -0.15) is 0 Å². The number of nitrogens with zero attached hydrogens (tertiary/aromatic N) is 2. The van der Waals surface area contributed by atoms with Crippen molar-refractivity contribution in [3.05, 3.63) is 28.4 Å². The Bertz CT molecular complexity index is 435. The Hall–Kier alpha value is -1.16. The largest absolute Gasteiger partial charge is 0.347 e. The van der Waals surface area contributed by atoms with Gasteiger partial charge < -0.3 is 5.32 Å². The molecule has 4 nitrogen and oxygen atoms in total. The Kier molecular flexibility index (Phi) is 4.53. The van der Waals surface area contributed by atoms with Gasteiger partial charge in [-0.3, -0.25) is 4.57 Å². The first-order valence-corrected chi connectivity index (χ1v) is 6.91. The van der Waals surface area contributed by atoms with E-state index in [9.17, 15) is 4.79 Å². The molecule has 100 valence electrons. The molecule has 1 aliphatic rings. The van der Waals surface area contributed by atoms with Crippen molar-refractivity contribution in [2.45, 2.75) is 51.6 Å². The van der Waals surface area contributed by atoms with Crippen molar-refractivity contribution in [1.82, 2.24) is 14.9 Å². The third kappa shape index (κ3) is 3.19. The van der Waals surface area contributed by atoms with E-state index < -0.39 is 0 Å². The Morgan fingerprint density at radius 2 is 2.17 bits per heavy atom. The maximum atomic E-state index is 11.7. The molecule has 1 unspecified atom stereocenters. The lowest BCUT2D eigenvalue weighted by Crippen LogP contribution is -2.41. The average molecular weight is 249 g/mol. The molecule has 4 heteroatoms. The van der Waals surface area contributed by atoms with Crippen LogP contribution in [0.4, 0.5) is 0 Å². The first-order valence-electron chi connectivity index (χ1n) is 6.91. The predicted molar refractivity (Wildman–Crippen MR) is 72.7 cm³/mol.